The summed E-state index contributed by atoms with van der Waals surface area (Å²) in [5.74, 6) is 1.67. The fourth-order valence-electron chi connectivity index (χ4n) is 2.10. The van der Waals surface area contributed by atoms with Gasteiger partial charge in [0.2, 0.25) is 5.91 Å². The highest BCUT2D eigenvalue weighted by Gasteiger charge is 2.06. The van der Waals surface area contributed by atoms with Crippen molar-refractivity contribution in [3.05, 3.63) is 29.3 Å². The normalized spacial score (nSPS) is 10.7. The molecule has 1 amide bonds. The molecule has 1 rings (SSSR count). The number of aliphatic imine (C=N–C) groups is 1. The lowest BCUT2D eigenvalue weighted by atomic mass is 10.1. The van der Waals surface area contributed by atoms with Gasteiger partial charge in [-0.2, -0.15) is 0 Å². The quantitative estimate of drug-likeness (QED) is 0.354. The second kappa shape index (κ2) is 12.8. The van der Waals surface area contributed by atoms with Crippen LogP contribution in [0.3, 0.4) is 0 Å². The van der Waals surface area contributed by atoms with E-state index in [4.69, 9.17) is 4.74 Å². The Bertz CT molecular complexity index is 562. The Kier molecular flexibility index (Phi) is 12.0. The molecule has 0 saturated carbocycles. The molecule has 0 aliphatic carbocycles. The molecule has 1 aromatic carbocycles. The second-order valence-corrected chi connectivity index (χ2v) is 5.70. The lowest BCUT2D eigenvalue weighted by Crippen LogP contribution is -2.39. The van der Waals surface area contributed by atoms with Crippen molar-refractivity contribution in [2.75, 3.05) is 33.8 Å². The number of nitrogens with one attached hydrogen (secondary N) is 2. The Morgan fingerprint density at radius 3 is 2.56 bits per heavy atom. The maximum Gasteiger partial charge on any atom is 0.223 e. The van der Waals surface area contributed by atoms with Gasteiger partial charge in [0.25, 0.3) is 0 Å². The fraction of sp³-hybridized carbons (Fsp3) is 0.556. The maximum atomic E-state index is 11.6. The predicted molar refractivity (Wildman–Crippen MR) is 114 cm³/mol. The first-order valence-corrected chi connectivity index (χ1v) is 8.42. The van der Waals surface area contributed by atoms with Crippen LogP contribution in [-0.4, -0.2) is 50.6 Å². The Morgan fingerprint density at radius 2 is 1.96 bits per heavy atom. The fourth-order valence-corrected chi connectivity index (χ4v) is 2.10. The van der Waals surface area contributed by atoms with E-state index in [0.717, 1.165) is 17.9 Å². The van der Waals surface area contributed by atoms with E-state index in [1.54, 1.807) is 19.0 Å². The van der Waals surface area contributed by atoms with E-state index in [-0.39, 0.29) is 29.9 Å². The Labute approximate surface area is 168 Å². The lowest BCUT2D eigenvalue weighted by molar-refractivity contribution is -0.128. The molecule has 0 aliphatic rings. The van der Waals surface area contributed by atoms with Gasteiger partial charge in [-0.3, -0.25) is 4.79 Å². The first-order chi connectivity index (χ1) is 11.5. The number of halogens is 1. The summed E-state index contributed by atoms with van der Waals surface area (Å²) >= 11 is 0. The van der Waals surface area contributed by atoms with Gasteiger partial charge in [-0.05, 0) is 32.4 Å². The summed E-state index contributed by atoms with van der Waals surface area (Å²) in [6.07, 6.45) is 0.437. The number of carbonyl (C=O) groups excluding carboxylic acids is 1. The molecular formula is C18H31IN4O2. The third-order valence-electron chi connectivity index (χ3n) is 3.40. The predicted octanol–water partition coefficient (Wildman–Crippen LogP) is 2.55. The lowest BCUT2D eigenvalue weighted by Gasteiger charge is -2.14. The number of amides is 1. The van der Waals surface area contributed by atoms with Crippen LogP contribution < -0.4 is 15.4 Å². The van der Waals surface area contributed by atoms with Crippen LogP contribution in [0.4, 0.5) is 0 Å². The van der Waals surface area contributed by atoms with Crippen molar-refractivity contribution in [1.82, 2.24) is 15.5 Å². The van der Waals surface area contributed by atoms with Crippen LogP contribution >= 0.6 is 24.0 Å². The molecule has 7 heteroatoms. The van der Waals surface area contributed by atoms with Crippen molar-refractivity contribution in [2.45, 2.75) is 33.7 Å². The number of aryl methyl sites for hydroxylation is 1. The van der Waals surface area contributed by atoms with Gasteiger partial charge in [0.1, 0.15) is 5.75 Å². The number of rotatable bonds is 8. The molecule has 0 radical (unpaired) electrons. The Morgan fingerprint density at radius 1 is 1.24 bits per heavy atom. The molecule has 0 atom stereocenters. The standard InChI is InChI=1S/C18H30N4O2.HI/c1-6-19-18(20-11-10-17(23)22(4)5)21-13-15-9-8-14(3)12-16(15)24-7-2;/h8-9,12H,6-7,10-11,13H2,1-5H3,(H2,19,20,21);1H. The highest BCUT2D eigenvalue weighted by atomic mass is 127. The number of nitrogens with zero attached hydrogens (tertiary/aromatic N) is 2. The van der Waals surface area contributed by atoms with Gasteiger partial charge in [-0.15, -0.1) is 24.0 Å². The molecule has 2 N–H and O–H groups in total. The van der Waals surface area contributed by atoms with E-state index in [2.05, 4.69) is 21.7 Å². The topological polar surface area (TPSA) is 66.0 Å². The average Bonchev–Trinajstić information content (AvgIpc) is 2.54. The molecule has 0 aromatic heterocycles. The second-order valence-electron chi connectivity index (χ2n) is 5.70. The van der Waals surface area contributed by atoms with Crippen molar-refractivity contribution < 1.29 is 9.53 Å². The molecule has 0 aliphatic heterocycles. The highest BCUT2D eigenvalue weighted by molar-refractivity contribution is 14.0. The molecule has 0 saturated heterocycles. The van der Waals surface area contributed by atoms with E-state index < -0.39 is 0 Å². The summed E-state index contributed by atoms with van der Waals surface area (Å²) in [4.78, 5) is 17.8. The SMILES string of the molecule is CCNC(=NCc1ccc(C)cc1OCC)NCCC(=O)N(C)C.I. The van der Waals surface area contributed by atoms with E-state index in [0.29, 0.717) is 32.1 Å². The zero-order valence-electron chi connectivity index (χ0n) is 15.9. The minimum atomic E-state index is 0. The van der Waals surface area contributed by atoms with Crippen LogP contribution in [0.5, 0.6) is 5.75 Å². The summed E-state index contributed by atoms with van der Waals surface area (Å²) in [6, 6.07) is 6.14. The smallest absolute Gasteiger partial charge is 0.223 e. The molecule has 0 unspecified atom stereocenters. The number of ether oxygens (including phenoxy) is 1. The van der Waals surface area contributed by atoms with Crippen molar-refractivity contribution >= 4 is 35.8 Å². The third-order valence-corrected chi connectivity index (χ3v) is 3.40. The summed E-state index contributed by atoms with van der Waals surface area (Å²) in [5, 5.41) is 6.38. The minimum Gasteiger partial charge on any atom is -0.494 e. The van der Waals surface area contributed by atoms with Crippen LogP contribution in [0.25, 0.3) is 0 Å². The molecule has 1 aromatic rings. The number of hydrogen-bond acceptors (Lipinski definition) is 3. The Hall–Kier alpha value is -1.51. The van der Waals surface area contributed by atoms with E-state index in [9.17, 15) is 4.79 Å². The minimum absolute atomic E-state index is 0. The Balaban J connectivity index is 0.00000576. The maximum absolute atomic E-state index is 11.6. The average molecular weight is 462 g/mol. The molecule has 6 nitrogen and oxygen atoms in total. The van der Waals surface area contributed by atoms with Gasteiger partial charge < -0.3 is 20.3 Å². The van der Waals surface area contributed by atoms with E-state index in [1.165, 1.54) is 5.56 Å². The van der Waals surface area contributed by atoms with Gasteiger partial charge in [-0.25, -0.2) is 4.99 Å². The first kappa shape index (κ1) is 23.5. The van der Waals surface area contributed by atoms with E-state index >= 15 is 0 Å². The van der Waals surface area contributed by atoms with Crippen LogP contribution in [0.1, 0.15) is 31.4 Å². The van der Waals surface area contributed by atoms with Crippen molar-refractivity contribution in [2.24, 2.45) is 4.99 Å². The van der Waals surface area contributed by atoms with Crippen molar-refractivity contribution in [3.8, 4) is 5.75 Å². The van der Waals surface area contributed by atoms with Crippen LogP contribution in [-0.2, 0) is 11.3 Å². The van der Waals surface area contributed by atoms with Gasteiger partial charge >= 0.3 is 0 Å². The summed E-state index contributed by atoms with van der Waals surface area (Å²) in [7, 11) is 3.52. The molecule has 142 valence electrons. The number of guanidine groups is 1. The van der Waals surface area contributed by atoms with Gasteiger partial charge in [0.15, 0.2) is 5.96 Å². The zero-order chi connectivity index (χ0) is 17.9. The van der Waals surface area contributed by atoms with Crippen molar-refractivity contribution in [1.29, 1.82) is 0 Å². The van der Waals surface area contributed by atoms with Crippen molar-refractivity contribution in [3.63, 3.8) is 0 Å². The molecule has 0 heterocycles. The van der Waals surface area contributed by atoms with Crippen LogP contribution in [0.15, 0.2) is 23.2 Å². The van der Waals surface area contributed by atoms with Gasteiger partial charge in [0, 0.05) is 39.2 Å². The molecule has 0 fully saturated rings. The van der Waals surface area contributed by atoms with Crippen LogP contribution in [0, 0.1) is 6.92 Å². The number of hydrogen-bond donors (Lipinski definition) is 2. The zero-order valence-corrected chi connectivity index (χ0v) is 18.2. The van der Waals surface area contributed by atoms with Crippen LogP contribution in [0.2, 0.25) is 0 Å². The summed E-state index contributed by atoms with van der Waals surface area (Å²) < 4.78 is 5.69. The van der Waals surface area contributed by atoms with Gasteiger partial charge in [-0.1, -0.05) is 12.1 Å². The van der Waals surface area contributed by atoms with Gasteiger partial charge in [0.05, 0.1) is 13.2 Å². The summed E-state index contributed by atoms with van der Waals surface area (Å²) in [5.41, 5.74) is 2.21. The molecule has 25 heavy (non-hydrogen) atoms. The van der Waals surface area contributed by atoms with E-state index in [1.807, 2.05) is 32.9 Å². The largest absolute Gasteiger partial charge is 0.494 e. The monoisotopic (exact) mass is 462 g/mol. The molecular weight excluding hydrogens is 431 g/mol. The summed E-state index contributed by atoms with van der Waals surface area (Å²) in [6.45, 7) is 8.50. The molecule has 0 spiro atoms. The third kappa shape index (κ3) is 8.94. The molecule has 0 bridgehead atoms. The highest BCUT2D eigenvalue weighted by Crippen LogP contribution is 2.21. The first-order valence-electron chi connectivity index (χ1n) is 8.42. The number of benzene rings is 1. The number of carbonyl (C=O) groups is 1.